The number of benzene rings is 1. The van der Waals surface area contributed by atoms with E-state index in [0.29, 0.717) is 37.4 Å². The van der Waals surface area contributed by atoms with Crippen LogP contribution in [0.4, 0.5) is 0 Å². The molecule has 5 atom stereocenters. The minimum absolute atomic E-state index is 0.0737. The second-order valence-electron chi connectivity index (χ2n) is 10.7. The van der Waals surface area contributed by atoms with Crippen molar-refractivity contribution >= 4 is 23.4 Å². The molecule has 2 fully saturated rings. The molecule has 1 aliphatic carbocycles. The molecule has 32 heavy (non-hydrogen) atoms. The van der Waals surface area contributed by atoms with Gasteiger partial charge in [0, 0.05) is 29.4 Å². The number of carbonyl (C=O) groups excluding carboxylic acids is 2. The highest BCUT2D eigenvalue weighted by atomic mass is 35.5. The van der Waals surface area contributed by atoms with Crippen LogP contribution in [0.1, 0.15) is 59.4 Å². The molecule has 0 spiro atoms. The third-order valence-corrected chi connectivity index (χ3v) is 7.78. The van der Waals surface area contributed by atoms with Crippen molar-refractivity contribution in [3.8, 4) is 0 Å². The lowest BCUT2D eigenvalue weighted by molar-refractivity contribution is -0.157. The Kier molecular flexibility index (Phi) is 7.28. The second kappa shape index (κ2) is 9.32. The number of hydrogen-bond acceptors (Lipinski definition) is 4. The molecule has 6 nitrogen and oxygen atoms in total. The highest BCUT2D eigenvalue weighted by Crippen LogP contribution is 2.46. The number of nitrogens with one attached hydrogen (secondary N) is 1. The van der Waals surface area contributed by atoms with Crippen molar-refractivity contribution in [1.82, 2.24) is 10.2 Å². The molecule has 1 aromatic carbocycles. The number of piperidine rings is 1. The van der Waals surface area contributed by atoms with Crippen molar-refractivity contribution < 1.29 is 19.8 Å². The molecule has 1 heterocycles. The first-order chi connectivity index (χ1) is 14.9. The van der Waals surface area contributed by atoms with E-state index < -0.39 is 23.2 Å². The highest BCUT2D eigenvalue weighted by Gasteiger charge is 2.50. The van der Waals surface area contributed by atoms with Crippen LogP contribution in [0, 0.1) is 23.2 Å². The predicted molar refractivity (Wildman–Crippen MR) is 125 cm³/mol. The average molecular weight is 465 g/mol. The summed E-state index contributed by atoms with van der Waals surface area (Å²) in [7, 11) is 0. The lowest BCUT2D eigenvalue weighted by atomic mass is 9.66. The SMILES string of the molecule is CC(C)[C@@H](NC(=O)[C@@H]1C[C@@H](C)[C@H](O)C1)C(=O)N1CC[C@](O)(c2ccc(Cl)cc2)C(C)(C)C1. The minimum Gasteiger partial charge on any atom is -0.393 e. The first-order valence-electron chi connectivity index (χ1n) is 11.6. The van der Waals surface area contributed by atoms with Gasteiger partial charge in [-0.25, -0.2) is 0 Å². The summed E-state index contributed by atoms with van der Waals surface area (Å²) in [4.78, 5) is 28.1. The molecule has 3 N–H and O–H groups in total. The smallest absolute Gasteiger partial charge is 0.245 e. The molecule has 0 bridgehead atoms. The predicted octanol–water partition coefficient (Wildman–Crippen LogP) is 3.33. The maximum Gasteiger partial charge on any atom is 0.245 e. The molecular formula is C25H37ClN2O4. The molecular weight excluding hydrogens is 428 g/mol. The zero-order valence-corrected chi connectivity index (χ0v) is 20.5. The van der Waals surface area contributed by atoms with Gasteiger partial charge in [-0.3, -0.25) is 9.59 Å². The summed E-state index contributed by atoms with van der Waals surface area (Å²) in [6.07, 6.45) is 1.01. The monoisotopic (exact) mass is 464 g/mol. The van der Waals surface area contributed by atoms with Crippen LogP contribution >= 0.6 is 11.6 Å². The van der Waals surface area contributed by atoms with Gasteiger partial charge in [-0.2, -0.15) is 0 Å². The molecule has 2 aliphatic rings. The Labute approximate surface area is 196 Å². The van der Waals surface area contributed by atoms with Crippen LogP contribution in [-0.4, -0.2) is 52.2 Å². The number of nitrogens with zero attached hydrogens (tertiary/aromatic N) is 1. The summed E-state index contributed by atoms with van der Waals surface area (Å²) < 4.78 is 0. The number of carbonyl (C=O) groups is 2. The molecule has 0 radical (unpaired) electrons. The summed E-state index contributed by atoms with van der Waals surface area (Å²) in [5, 5.41) is 25.2. The van der Waals surface area contributed by atoms with Gasteiger partial charge < -0.3 is 20.4 Å². The summed E-state index contributed by atoms with van der Waals surface area (Å²) in [6, 6.07) is 6.60. The average Bonchev–Trinajstić information content (AvgIpc) is 3.06. The Morgan fingerprint density at radius 3 is 2.31 bits per heavy atom. The van der Waals surface area contributed by atoms with Crippen molar-refractivity contribution in [2.45, 2.75) is 71.6 Å². The second-order valence-corrected chi connectivity index (χ2v) is 11.1. The van der Waals surface area contributed by atoms with Crippen LogP contribution in [-0.2, 0) is 15.2 Å². The van der Waals surface area contributed by atoms with Gasteiger partial charge in [0.1, 0.15) is 6.04 Å². The molecule has 2 amide bonds. The molecule has 1 aliphatic heterocycles. The fraction of sp³-hybridized carbons (Fsp3) is 0.680. The van der Waals surface area contributed by atoms with Gasteiger partial charge >= 0.3 is 0 Å². The van der Waals surface area contributed by atoms with E-state index in [2.05, 4.69) is 5.32 Å². The number of hydrogen-bond donors (Lipinski definition) is 3. The Balaban J connectivity index is 1.72. The fourth-order valence-corrected chi connectivity index (χ4v) is 5.32. The summed E-state index contributed by atoms with van der Waals surface area (Å²) in [6.45, 7) is 10.5. The topological polar surface area (TPSA) is 89.9 Å². The van der Waals surface area contributed by atoms with Gasteiger partial charge in [0.05, 0.1) is 11.7 Å². The van der Waals surface area contributed by atoms with Crippen molar-refractivity contribution in [3.63, 3.8) is 0 Å². The van der Waals surface area contributed by atoms with Gasteiger partial charge in [0.2, 0.25) is 11.8 Å². The van der Waals surface area contributed by atoms with Crippen LogP contribution in [0.2, 0.25) is 5.02 Å². The zero-order chi connectivity index (χ0) is 23.8. The van der Waals surface area contributed by atoms with Gasteiger partial charge in [-0.15, -0.1) is 0 Å². The van der Waals surface area contributed by atoms with E-state index in [1.54, 1.807) is 17.0 Å². The molecule has 1 saturated heterocycles. The maximum absolute atomic E-state index is 13.5. The zero-order valence-electron chi connectivity index (χ0n) is 19.8. The van der Waals surface area contributed by atoms with E-state index in [4.69, 9.17) is 11.6 Å². The number of halogens is 1. The Morgan fingerprint density at radius 1 is 1.19 bits per heavy atom. The lowest BCUT2D eigenvalue weighted by Gasteiger charge is -2.51. The van der Waals surface area contributed by atoms with Gasteiger partial charge in [-0.1, -0.05) is 58.4 Å². The molecule has 0 unspecified atom stereocenters. The third-order valence-electron chi connectivity index (χ3n) is 7.52. The van der Waals surface area contributed by atoms with Gasteiger partial charge in [0.15, 0.2) is 0 Å². The molecule has 7 heteroatoms. The number of aliphatic hydroxyl groups excluding tert-OH is 1. The summed E-state index contributed by atoms with van der Waals surface area (Å²) in [5.41, 5.74) is -0.881. The normalized spacial score (nSPS) is 30.9. The molecule has 1 saturated carbocycles. The Hall–Kier alpha value is -1.63. The van der Waals surface area contributed by atoms with Crippen LogP contribution in [0.5, 0.6) is 0 Å². The van der Waals surface area contributed by atoms with Gasteiger partial charge in [0.25, 0.3) is 0 Å². The van der Waals surface area contributed by atoms with E-state index in [1.807, 2.05) is 46.8 Å². The third kappa shape index (κ3) is 4.82. The van der Waals surface area contributed by atoms with E-state index in [1.165, 1.54) is 0 Å². The largest absolute Gasteiger partial charge is 0.393 e. The first kappa shape index (κ1) is 25.0. The lowest BCUT2D eigenvalue weighted by Crippen LogP contribution is -2.60. The van der Waals surface area contributed by atoms with E-state index in [0.717, 1.165) is 5.56 Å². The summed E-state index contributed by atoms with van der Waals surface area (Å²) >= 11 is 6.02. The quantitative estimate of drug-likeness (QED) is 0.623. The van der Waals surface area contributed by atoms with Crippen LogP contribution in [0.25, 0.3) is 0 Å². The molecule has 1 aromatic rings. The van der Waals surface area contributed by atoms with Crippen LogP contribution < -0.4 is 5.32 Å². The molecule has 0 aromatic heterocycles. The van der Waals surface area contributed by atoms with Crippen molar-refractivity contribution in [1.29, 1.82) is 0 Å². The standard InChI is InChI=1S/C25H37ClN2O4/c1-15(2)21(27-22(30)17-12-16(3)20(29)13-17)23(31)28-11-10-25(32,24(4,5)14-28)18-6-8-19(26)9-7-18/h6-9,15-17,20-21,29,32H,10-14H2,1-5H3,(H,27,30)/t16-,17-,20-,21-,25+/m1/s1. The molecule has 178 valence electrons. The van der Waals surface area contributed by atoms with E-state index in [9.17, 15) is 19.8 Å². The van der Waals surface area contributed by atoms with Crippen molar-refractivity contribution in [2.24, 2.45) is 23.2 Å². The summed E-state index contributed by atoms with van der Waals surface area (Å²) in [5.74, 6) is -0.523. The fourth-order valence-electron chi connectivity index (χ4n) is 5.19. The number of aliphatic hydroxyl groups is 2. The van der Waals surface area contributed by atoms with Crippen LogP contribution in [0.3, 0.4) is 0 Å². The van der Waals surface area contributed by atoms with Crippen LogP contribution in [0.15, 0.2) is 24.3 Å². The molecule has 3 rings (SSSR count). The number of likely N-dealkylation sites (tertiary alicyclic amines) is 1. The number of amides is 2. The van der Waals surface area contributed by atoms with Crippen molar-refractivity contribution in [3.05, 3.63) is 34.9 Å². The van der Waals surface area contributed by atoms with E-state index in [-0.39, 0.29) is 29.6 Å². The van der Waals surface area contributed by atoms with Gasteiger partial charge in [-0.05, 0) is 48.8 Å². The Bertz CT molecular complexity index is 831. The maximum atomic E-state index is 13.5. The van der Waals surface area contributed by atoms with Crippen molar-refractivity contribution in [2.75, 3.05) is 13.1 Å². The highest BCUT2D eigenvalue weighted by molar-refractivity contribution is 6.30. The number of rotatable bonds is 5. The Morgan fingerprint density at radius 2 is 1.81 bits per heavy atom. The van der Waals surface area contributed by atoms with E-state index >= 15 is 0 Å². The minimum atomic E-state index is -1.08. The first-order valence-corrected chi connectivity index (χ1v) is 12.0.